The number of aromatic amines is 1. The smallest absolute Gasteiger partial charge is 0.231 e. The molecule has 27 heavy (non-hydrogen) atoms. The van der Waals surface area contributed by atoms with Gasteiger partial charge in [-0.2, -0.15) is 0 Å². The van der Waals surface area contributed by atoms with Crippen molar-refractivity contribution in [2.24, 2.45) is 0 Å². The summed E-state index contributed by atoms with van der Waals surface area (Å²) >= 11 is 0. The minimum absolute atomic E-state index is 0.0958. The second-order valence-corrected chi connectivity index (χ2v) is 7.64. The fourth-order valence-electron chi connectivity index (χ4n) is 4.00. The summed E-state index contributed by atoms with van der Waals surface area (Å²) in [5, 5.41) is 3.15. The molecule has 0 spiro atoms. The van der Waals surface area contributed by atoms with Gasteiger partial charge in [-0.1, -0.05) is 36.4 Å². The Kier molecular flexibility index (Phi) is 4.70. The predicted octanol–water partition coefficient (Wildman–Crippen LogP) is 3.15. The molecule has 2 N–H and O–H groups in total. The lowest BCUT2D eigenvalue weighted by atomic mass is 9.72. The summed E-state index contributed by atoms with van der Waals surface area (Å²) in [6, 6.07) is 16.3. The van der Waals surface area contributed by atoms with Gasteiger partial charge in [-0.05, 0) is 63.2 Å². The number of benzene rings is 2. The first-order valence-electron chi connectivity index (χ1n) is 9.54. The zero-order valence-electron chi connectivity index (χ0n) is 16.0. The minimum atomic E-state index is -0.462. The van der Waals surface area contributed by atoms with E-state index in [1.54, 1.807) is 0 Å². The highest BCUT2D eigenvalue weighted by atomic mass is 16.2. The van der Waals surface area contributed by atoms with Gasteiger partial charge in [-0.3, -0.25) is 4.79 Å². The van der Waals surface area contributed by atoms with Gasteiger partial charge in [-0.25, -0.2) is 4.98 Å². The molecule has 5 heteroatoms. The van der Waals surface area contributed by atoms with E-state index in [4.69, 9.17) is 0 Å². The third-order valence-electron chi connectivity index (χ3n) is 5.70. The van der Waals surface area contributed by atoms with E-state index in [2.05, 4.69) is 58.4 Å². The Bertz CT molecular complexity index is 939. The number of piperidine rings is 1. The number of carbonyl (C=O) groups is 1. The molecule has 1 aliphatic heterocycles. The monoisotopic (exact) mass is 362 g/mol. The van der Waals surface area contributed by atoms with Crippen LogP contribution in [-0.4, -0.2) is 40.9 Å². The Balaban J connectivity index is 1.54. The van der Waals surface area contributed by atoms with Gasteiger partial charge in [0, 0.05) is 0 Å². The Morgan fingerprint density at radius 2 is 1.93 bits per heavy atom. The molecule has 0 bridgehead atoms. The van der Waals surface area contributed by atoms with E-state index in [9.17, 15) is 4.79 Å². The SMILES string of the molecule is Cc1ccc2nc(CNC(=O)C3(c4ccccc4)CCN(C)CC3)[nH]c2c1. The molecule has 4 rings (SSSR count). The maximum Gasteiger partial charge on any atom is 0.231 e. The van der Waals surface area contributed by atoms with Crippen LogP contribution in [0.4, 0.5) is 0 Å². The lowest BCUT2D eigenvalue weighted by Gasteiger charge is -2.39. The molecule has 0 radical (unpaired) electrons. The Morgan fingerprint density at radius 3 is 2.67 bits per heavy atom. The fraction of sp³-hybridized carbons (Fsp3) is 0.364. The average molecular weight is 362 g/mol. The second kappa shape index (κ2) is 7.16. The largest absolute Gasteiger partial charge is 0.348 e. The molecule has 0 atom stereocenters. The minimum Gasteiger partial charge on any atom is -0.348 e. The summed E-state index contributed by atoms with van der Waals surface area (Å²) in [5.74, 6) is 0.888. The van der Waals surface area contributed by atoms with Gasteiger partial charge in [0.2, 0.25) is 5.91 Å². The second-order valence-electron chi connectivity index (χ2n) is 7.64. The predicted molar refractivity (Wildman–Crippen MR) is 108 cm³/mol. The van der Waals surface area contributed by atoms with Crippen LogP contribution in [0.5, 0.6) is 0 Å². The van der Waals surface area contributed by atoms with Crippen molar-refractivity contribution in [2.75, 3.05) is 20.1 Å². The Labute approximate surface area is 159 Å². The molecule has 1 aromatic heterocycles. The summed E-state index contributed by atoms with van der Waals surface area (Å²) in [6.07, 6.45) is 1.66. The number of nitrogens with one attached hydrogen (secondary N) is 2. The van der Waals surface area contributed by atoms with Crippen LogP contribution in [0.2, 0.25) is 0 Å². The number of rotatable bonds is 4. The maximum absolute atomic E-state index is 13.3. The van der Waals surface area contributed by atoms with Crippen LogP contribution in [0.1, 0.15) is 29.8 Å². The van der Waals surface area contributed by atoms with Crippen LogP contribution in [0.25, 0.3) is 11.0 Å². The number of hydrogen-bond donors (Lipinski definition) is 2. The van der Waals surface area contributed by atoms with Crippen LogP contribution in [-0.2, 0) is 16.8 Å². The van der Waals surface area contributed by atoms with E-state index < -0.39 is 5.41 Å². The summed E-state index contributed by atoms with van der Waals surface area (Å²) in [6.45, 7) is 4.32. The maximum atomic E-state index is 13.3. The molecule has 0 unspecified atom stereocenters. The van der Waals surface area contributed by atoms with Crippen LogP contribution in [0, 0.1) is 6.92 Å². The Hall–Kier alpha value is -2.66. The molecule has 140 valence electrons. The van der Waals surface area contributed by atoms with Gasteiger partial charge in [-0.15, -0.1) is 0 Å². The van der Waals surface area contributed by atoms with E-state index in [0.717, 1.165) is 48.4 Å². The van der Waals surface area contributed by atoms with Gasteiger partial charge >= 0.3 is 0 Å². The zero-order chi connectivity index (χ0) is 18.9. The number of aryl methyl sites for hydroxylation is 1. The van der Waals surface area contributed by atoms with Crippen LogP contribution in [0.15, 0.2) is 48.5 Å². The van der Waals surface area contributed by atoms with Crippen molar-refractivity contribution in [3.8, 4) is 0 Å². The topological polar surface area (TPSA) is 61.0 Å². The van der Waals surface area contributed by atoms with E-state index >= 15 is 0 Å². The third kappa shape index (κ3) is 3.47. The molecular weight excluding hydrogens is 336 g/mol. The van der Waals surface area contributed by atoms with Crippen molar-refractivity contribution in [1.82, 2.24) is 20.2 Å². The van der Waals surface area contributed by atoms with Gasteiger partial charge in [0.05, 0.1) is 23.0 Å². The van der Waals surface area contributed by atoms with Crippen molar-refractivity contribution in [3.63, 3.8) is 0 Å². The number of likely N-dealkylation sites (tertiary alicyclic amines) is 1. The molecule has 5 nitrogen and oxygen atoms in total. The summed E-state index contributed by atoms with van der Waals surface area (Å²) in [4.78, 5) is 23.5. The Morgan fingerprint density at radius 1 is 1.19 bits per heavy atom. The normalized spacial score (nSPS) is 17.1. The molecule has 1 aliphatic rings. The van der Waals surface area contributed by atoms with E-state index in [-0.39, 0.29) is 5.91 Å². The molecule has 2 heterocycles. The molecule has 0 aliphatic carbocycles. The van der Waals surface area contributed by atoms with Crippen LogP contribution in [0.3, 0.4) is 0 Å². The van der Waals surface area contributed by atoms with Gasteiger partial charge in [0.15, 0.2) is 0 Å². The third-order valence-corrected chi connectivity index (χ3v) is 5.70. The first kappa shape index (κ1) is 17.7. The van der Waals surface area contributed by atoms with Crippen molar-refractivity contribution in [2.45, 2.75) is 31.7 Å². The number of aromatic nitrogens is 2. The molecule has 1 amide bonds. The lowest BCUT2D eigenvalue weighted by molar-refractivity contribution is -0.128. The standard InChI is InChI=1S/C22H26N4O/c1-16-8-9-18-19(14-16)25-20(24-18)15-23-21(27)22(10-12-26(2)13-11-22)17-6-4-3-5-7-17/h3-9,14H,10-13,15H2,1-2H3,(H,23,27)(H,24,25). The quantitative estimate of drug-likeness (QED) is 0.749. The molecule has 1 fully saturated rings. The summed E-state index contributed by atoms with van der Waals surface area (Å²) in [5.41, 5.74) is 3.78. The van der Waals surface area contributed by atoms with E-state index in [1.807, 2.05) is 24.3 Å². The van der Waals surface area contributed by atoms with Gasteiger partial charge < -0.3 is 15.2 Å². The summed E-state index contributed by atoms with van der Waals surface area (Å²) in [7, 11) is 2.11. The first-order chi connectivity index (χ1) is 13.1. The molecule has 0 saturated carbocycles. The van der Waals surface area contributed by atoms with Crippen molar-refractivity contribution in [3.05, 3.63) is 65.5 Å². The highest BCUT2D eigenvalue weighted by molar-refractivity contribution is 5.88. The molecular formula is C22H26N4O. The van der Waals surface area contributed by atoms with Crippen LogP contribution < -0.4 is 5.32 Å². The van der Waals surface area contributed by atoms with E-state index in [1.165, 1.54) is 5.56 Å². The van der Waals surface area contributed by atoms with Crippen LogP contribution >= 0.6 is 0 Å². The van der Waals surface area contributed by atoms with Crippen molar-refractivity contribution < 1.29 is 4.79 Å². The lowest BCUT2D eigenvalue weighted by Crippen LogP contribution is -2.50. The molecule has 3 aromatic rings. The van der Waals surface area contributed by atoms with Crippen molar-refractivity contribution in [1.29, 1.82) is 0 Å². The van der Waals surface area contributed by atoms with Gasteiger partial charge in [0.1, 0.15) is 5.82 Å². The number of H-pyrrole nitrogens is 1. The number of nitrogens with zero attached hydrogens (tertiary/aromatic N) is 2. The number of amides is 1. The summed E-state index contributed by atoms with van der Waals surface area (Å²) < 4.78 is 0. The van der Waals surface area contributed by atoms with E-state index in [0.29, 0.717) is 6.54 Å². The molecule has 2 aromatic carbocycles. The first-order valence-corrected chi connectivity index (χ1v) is 9.54. The fourth-order valence-corrected chi connectivity index (χ4v) is 4.00. The molecule has 1 saturated heterocycles. The van der Waals surface area contributed by atoms with Gasteiger partial charge in [0.25, 0.3) is 0 Å². The number of hydrogen-bond acceptors (Lipinski definition) is 3. The highest BCUT2D eigenvalue weighted by Crippen LogP contribution is 2.35. The number of fused-ring (bicyclic) bond motifs is 1. The number of carbonyl (C=O) groups excluding carboxylic acids is 1. The average Bonchev–Trinajstić information content (AvgIpc) is 3.09. The number of imidazole rings is 1. The highest BCUT2D eigenvalue weighted by Gasteiger charge is 2.42. The zero-order valence-corrected chi connectivity index (χ0v) is 16.0. The van der Waals surface area contributed by atoms with Crippen molar-refractivity contribution >= 4 is 16.9 Å².